The molecule has 0 amide bonds. The van der Waals surface area contributed by atoms with Crippen LogP contribution in [0.5, 0.6) is 11.5 Å². The van der Waals surface area contributed by atoms with Gasteiger partial charge in [-0.05, 0) is 68.9 Å². The highest BCUT2D eigenvalue weighted by Crippen LogP contribution is 2.40. The Morgan fingerprint density at radius 2 is 1.90 bits per heavy atom. The Kier molecular flexibility index (Phi) is 11.0. The Morgan fingerprint density at radius 3 is 2.56 bits per heavy atom. The molecule has 1 aliphatic heterocycles. The topological polar surface area (TPSA) is 147 Å². The Balaban J connectivity index is 0.00000108. The number of esters is 1. The van der Waals surface area contributed by atoms with Crippen LogP contribution < -0.4 is 10.1 Å². The van der Waals surface area contributed by atoms with E-state index in [2.05, 4.69) is 34.0 Å². The molecular weight excluding hydrogens is 528 g/mol. The molecule has 0 fully saturated rings. The number of allylic oxidation sites excluding steroid dienone is 1. The van der Waals surface area contributed by atoms with Crippen molar-refractivity contribution in [3.8, 4) is 11.5 Å². The van der Waals surface area contributed by atoms with Gasteiger partial charge in [0, 0.05) is 42.7 Å². The third kappa shape index (κ3) is 8.18. The molecule has 0 saturated heterocycles. The van der Waals surface area contributed by atoms with Crippen molar-refractivity contribution in [2.45, 2.75) is 34.6 Å². The van der Waals surface area contributed by atoms with Crippen LogP contribution in [-0.4, -0.2) is 71.1 Å². The molecule has 0 bridgehead atoms. The predicted octanol–water partition coefficient (Wildman–Crippen LogP) is 5.68. The zero-order chi connectivity index (χ0) is 29.9. The SMILES string of the molecule is CC(=O)O.CCOC(=O)c1c(Nc2ccc(OCCN(CC)CC)cc2C)oc(C=C2C=Nc3ncccc32)c1O. The second-order valence-electron chi connectivity index (χ2n) is 8.97. The van der Waals surface area contributed by atoms with Crippen molar-refractivity contribution < 1.29 is 33.7 Å². The molecule has 11 nitrogen and oxygen atoms in total. The maximum atomic E-state index is 12.7. The summed E-state index contributed by atoms with van der Waals surface area (Å²) in [5.74, 6) is -0.305. The van der Waals surface area contributed by atoms with Crippen LogP contribution in [-0.2, 0) is 9.53 Å². The van der Waals surface area contributed by atoms with Crippen molar-refractivity contribution in [1.82, 2.24) is 9.88 Å². The van der Waals surface area contributed by atoms with E-state index >= 15 is 0 Å². The average molecular weight is 565 g/mol. The minimum atomic E-state index is -0.833. The summed E-state index contributed by atoms with van der Waals surface area (Å²) in [5, 5.41) is 21.5. The standard InChI is InChI=1S/C28H32N4O5.C2H4O2/c1-5-32(6-2)13-14-36-20-10-11-22(18(4)15-20)31-27-24(28(34)35-7-3)25(33)23(37-27)16-19-17-30-26-21(19)9-8-12-29-26;1-2(3)4/h8-12,15-17,31,33H,5-7,13-14H2,1-4H3;1H3,(H,3,4). The second kappa shape index (κ2) is 14.7. The Bertz CT molecular complexity index is 1420. The van der Waals surface area contributed by atoms with Crippen molar-refractivity contribution in [2.24, 2.45) is 4.99 Å². The van der Waals surface area contributed by atoms with Gasteiger partial charge >= 0.3 is 5.97 Å². The lowest BCUT2D eigenvalue weighted by Gasteiger charge is -2.18. The van der Waals surface area contributed by atoms with Crippen LogP contribution in [0.25, 0.3) is 11.6 Å². The first kappa shape index (κ1) is 30.9. The molecule has 0 saturated carbocycles. The van der Waals surface area contributed by atoms with Gasteiger partial charge in [-0.15, -0.1) is 0 Å². The molecule has 3 aromatic rings. The number of furan rings is 1. The zero-order valence-corrected chi connectivity index (χ0v) is 23.9. The van der Waals surface area contributed by atoms with E-state index in [1.54, 1.807) is 31.5 Å². The third-order valence-electron chi connectivity index (χ3n) is 6.12. The monoisotopic (exact) mass is 564 g/mol. The van der Waals surface area contributed by atoms with Gasteiger partial charge in [-0.1, -0.05) is 13.8 Å². The summed E-state index contributed by atoms with van der Waals surface area (Å²) < 4.78 is 17.0. The first-order valence-corrected chi connectivity index (χ1v) is 13.3. The number of aliphatic carboxylic acids is 1. The number of aliphatic imine (C=N–C) groups is 1. The minimum Gasteiger partial charge on any atom is -0.504 e. The second-order valence-corrected chi connectivity index (χ2v) is 8.97. The van der Waals surface area contributed by atoms with Crippen LogP contribution in [0, 0.1) is 6.92 Å². The molecular formula is C30H36N4O7. The number of fused-ring (bicyclic) bond motifs is 1. The van der Waals surface area contributed by atoms with Crippen molar-refractivity contribution >= 4 is 47.2 Å². The number of rotatable bonds is 11. The molecule has 3 heterocycles. The highest BCUT2D eigenvalue weighted by Gasteiger charge is 2.27. The molecule has 41 heavy (non-hydrogen) atoms. The number of pyridine rings is 1. The minimum absolute atomic E-state index is 0.0750. The van der Waals surface area contributed by atoms with E-state index in [0.29, 0.717) is 23.7 Å². The van der Waals surface area contributed by atoms with Gasteiger partial charge in [0.25, 0.3) is 5.97 Å². The summed E-state index contributed by atoms with van der Waals surface area (Å²) in [6.45, 7) is 12.5. The van der Waals surface area contributed by atoms with E-state index in [1.165, 1.54) is 0 Å². The largest absolute Gasteiger partial charge is 0.504 e. The summed E-state index contributed by atoms with van der Waals surface area (Å²) in [7, 11) is 0. The van der Waals surface area contributed by atoms with Crippen LogP contribution in [0.2, 0.25) is 0 Å². The highest BCUT2D eigenvalue weighted by atomic mass is 16.5. The molecule has 11 heteroatoms. The van der Waals surface area contributed by atoms with E-state index in [0.717, 1.165) is 43.4 Å². The number of hydrogen-bond donors (Lipinski definition) is 3. The van der Waals surface area contributed by atoms with Gasteiger partial charge < -0.3 is 34.3 Å². The number of aryl methyl sites for hydroxylation is 1. The van der Waals surface area contributed by atoms with Gasteiger partial charge in [-0.3, -0.25) is 4.79 Å². The van der Waals surface area contributed by atoms with E-state index in [-0.39, 0.29) is 29.6 Å². The number of ether oxygens (including phenoxy) is 2. The van der Waals surface area contributed by atoms with E-state index in [1.807, 2.05) is 31.2 Å². The number of hydrogen-bond acceptors (Lipinski definition) is 10. The lowest BCUT2D eigenvalue weighted by molar-refractivity contribution is -0.134. The number of aromatic nitrogens is 1. The van der Waals surface area contributed by atoms with Crippen molar-refractivity contribution in [2.75, 3.05) is 38.2 Å². The zero-order valence-electron chi connectivity index (χ0n) is 23.9. The Morgan fingerprint density at radius 1 is 1.17 bits per heavy atom. The number of nitrogens with zero attached hydrogens (tertiary/aromatic N) is 3. The van der Waals surface area contributed by atoms with Gasteiger partial charge in [0.05, 0.1) is 6.61 Å². The van der Waals surface area contributed by atoms with Crippen LogP contribution in [0.3, 0.4) is 0 Å². The summed E-state index contributed by atoms with van der Waals surface area (Å²) in [6.07, 6.45) is 4.92. The maximum Gasteiger partial charge on any atom is 0.347 e. The van der Waals surface area contributed by atoms with E-state index in [9.17, 15) is 9.90 Å². The van der Waals surface area contributed by atoms with Gasteiger partial charge in [0.1, 0.15) is 12.4 Å². The van der Waals surface area contributed by atoms with Crippen LogP contribution in [0.4, 0.5) is 17.4 Å². The number of nitrogens with one attached hydrogen (secondary N) is 1. The van der Waals surface area contributed by atoms with Gasteiger partial charge in [0.2, 0.25) is 5.88 Å². The molecule has 0 radical (unpaired) electrons. The summed E-state index contributed by atoms with van der Waals surface area (Å²) in [6, 6.07) is 9.30. The first-order valence-electron chi connectivity index (χ1n) is 13.3. The fourth-order valence-electron chi connectivity index (χ4n) is 4.02. The summed E-state index contributed by atoms with van der Waals surface area (Å²) in [5.41, 5.74) is 3.02. The van der Waals surface area contributed by atoms with Crippen LogP contribution in [0.1, 0.15) is 54.9 Å². The normalized spacial score (nSPS) is 12.6. The van der Waals surface area contributed by atoms with Gasteiger partial charge in [0.15, 0.2) is 22.9 Å². The highest BCUT2D eigenvalue weighted by molar-refractivity contribution is 6.21. The summed E-state index contributed by atoms with van der Waals surface area (Å²) in [4.78, 5) is 32.5. The van der Waals surface area contributed by atoms with E-state index < -0.39 is 11.9 Å². The van der Waals surface area contributed by atoms with Crippen molar-refractivity contribution in [3.63, 3.8) is 0 Å². The average Bonchev–Trinajstić information content (AvgIpc) is 3.48. The van der Waals surface area contributed by atoms with Gasteiger partial charge in [-0.2, -0.15) is 0 Å². The number of carboxylic acid groups (broad SMARTS) is 1. The quantitative estimate of drug-likeness (QED) is 0.249. The molecule has 4 rings (SSSR count). The van der Waals surface area contributed by atoms with Crippen LogP contribution in [0.15, 0.2) is 45.9 Å². The maximum absolute atomic E-state index is 12.7. The lowest BCUT2D eigenvalue weighted by atomic mass is 10.1. The molecule has 0 aliphatic carbocycles. The Labute approximate surface area is 239 Å². The number of anilines is 2. The molecule has 0 atom stereocenters. The Hall–Kier alpha value is -4.64. The third-order valence-corrected chi connectivity index (χ3v) is 6.12. The number of aromatic hydroxyl groups is 1. The lowest BCUT2D eigenvalue weighted by Crippen LogP contribution is -2.27. The number of likely N-dealkylation sites (N-methyl/N-ethyl adjacent to an activating group) is 1. The molecule has 1 aliphatic rings. The smallest absolute Gasteiger partial charge is 0.347 e. The van der Waals surface area contributed by atoms with Gasteiger partial charge in [-0.25, -0.2) is 14.8 Å². The molecule has 218 valence electrons. The number of carboxylic acids is 1. The molecule has 1 aromatic carbocycles. The predicted molar refractivity (Wildman–Crippen MR) is 158 cm³/mol. The van der Waals surface area contributed by atoms with Crippen LogP contribution >= 0.6 is 0 Å². The fraction of sp³-hybridized carbons (Fsp3) is 0.333. The van der Waals surface area contributed by atoms with E-state index in [4.69, 9.17) is 23.8 Å². The van der Waals surface area contributed by atoms with Crippen molar-refractivity contribution in [1.29, 1.82) is 0 Å². The van der Waals surface area contributed by atoms with Crippen molar-refractivity contribution in [3.05, 3.63) is 59.0 Å². The molecule has 3 N–H and O–H groups in total. The number of carbonyl (C=O) groups is 2. The number of benzene rings is 1. The molecule has 2 aromatic heterocycles. The molecule has 0 spiro atoms. The molecule has 0 unspecified atom stereocenters. The summed E-state index contributed by atoms with van der Waals surface area (Å²) >= 11 is 0. The number of carbonyl (C=O) groups excluding carboxylic acids is 1. The fourth-order valence-corrected chi connectivity index (χ4v) is 4.02. The first-order chi connectivity index (χ1) is 19.7.